The molecule has 1 saturated heterocycles. The lowest BCUT2D eigenvalue weighted by atomic mass is 9.76. The Morgan fingerprint density at radius 2 is 2.03 bits per heavy atom. The number of hydrogen-bond donors (Lipinski definition) is 2. The van der Waals surface area contributed by atoms with Gasteiger partial charge in [0.05, 0.1) is 30.5 Å². The van der Waals surface area contributed by atoms with E-state index in [4.69, 9.17) is 16.3 Å². The number of rotatable bonds is 6. The third kappa shape index (κ3) is 4.29. The highest BCUT2D eigenvalue weighted by atomic mass is 35.5. The second-order valence-corrected chi connectivity index (χ2v) is 8.36. The smallest absolute Gasteiger partial charge is 0.148 e. The lowest BCUT2D eigenvalue weighted by molar-refractivity contribution is -0.103. The monoisotopic (exact) mass is 418 g/mol. The van der Waals surface area contributed by atoms with Crippen LogP contribution in [0.25, 0.3) is 0 Å². The molecule has 0 aromatic heterocycles. The van der Waals surface area contributed by atoms with Gasteiger partial charge in [-0.25, -0.2) is 4.39 Å². The number of hydrogen-bond acceptors (Lipinski definition) is 4. The Hall–Kier alpha value is -1.66. The second kappa shape index (κ2) is 9.00. The molecule has 156 valence electrons. The summed E-state index contributed by atoms with van der Waals surface area (Å²) in [4.78, 5) is 2.19. The van der Waals surface area contributed by atoms with Gasteiger partial charge in [0.2, 0.25) is 0 Å². The van der Waals surface area contributed by atoms with Gasteiger partial charge >= 0.3 is 0 Å². The highest BCUT2D eigenvalue weighted by Crippen LogP contribution is 2.51. The summed E-state index contributed by atoms with van der Waals surface area (Å²) >= 11 is 6.19. The predicted octanol–water partition coefficient (Wildman–Crippen LogP) is 4.80. The number of nitrogens with one attached hydrogen (secondary N) is 1. The van der Waals surface area contributed by atoms with E-state index in [1.807, 2.05) is 24.3 Å². The van der Waals surface area contributed by atoms with Crippen LogP contribution in [0.1, 0.15) is 43.0 Å². The summed E-state index contributed by atoms with van der Waals surface area (Å²) in [6.07, 6.45) is 1.75. The van der Waals surface area contributed by atoms with E-state index in [0.717, 1.165) is 37.1 Å². The molecule has 0 aliphatic carbocycles. The van der Waals surface area contributed by atoms with Crippen molar-refractivity contribution >= 4 is 17.3 Å². The van der Waals surface area contributed by atoms with Gasteiger partial charge in [-0.3, -0.25) is 4.90 Å². The fourth-order valence-electron chi connectivity index (χ4n) is 4.72. The fraction of sp³-hybridized carbons (Fsp3) is 0.478. The third-order valence-corrected chi connectivity index (χ3v) is 6.37. The summed E-state index contributed by atoms with van der Waals surface area (Å²) in [5.74, 6) is -0.139. The van der Waals surface area contributed by atoms with Gasteiger partial charge in [-0.1, -0.05) is 48.9 Å². The average Bonchev–Trinajstić information content (AvgIpc) is 2.73. The summed E-state index contributed by atoms with van der Waals surface area (Å²) in [6, 6.07) is 13.4. The molecule has 4 nitrogen and oxygen atoms in total. The molecule has 4 atom stereocenters. The molecular formula is C23H28ClFN2O2. The van der Waals surface area contributed by atoms with Crippen LogP contribution in [0, 0.1) is 11.7 Å². The van der Waals surface area contributed by atoms with Gasteiger partial charge in [0.1, 0.15) is 5.82 Å². The highest BCUT2D eigenvalue weighted by molar-refractivity contribution is 6.30. The van der Waals surface area contributed by atoms with Crippen LogP contribution < -0.4 is 5.32 Å². The molecule has 6 heteroatoms. The molecule has 0 bridgehead atoms. The predicted molar refractivity (Wildman–Crippen MR) is 114 cm³/mol. The maximum absolute atomic E-state index is 14.8. The van der Waals surface area contributed by atoms with Gasteiger partial charge in [-0.05, 0) is 37.1 Å². The number of aliphatic hydroxyl groups is 1. The number of fused-ring (bicyclic) bond motifs is 3. The zero-order valence-electron chi connectivity index (χ0n) is 16.7. The summed E-state index contributed by atoms with van der Waals surface area (Å²) in [5, 5.41) is 13.1. The van der Waals surface area contributed by atoms with E-state index >= 15 is 0 Å². The maximum atomic E-state index is 14.8. The van der Waals surface area contributed by atoms with Crippen LogP contribution in [0.4, 0.5) is 10.1 Å². The summed E-state index contributed by atoms with van der Waals surface area (Å²) in [6.45, 7) is 4.48. The van der Waals surface area contributed by atoms with Crippen molar-refractivity contribution in [1.82, 2.24) is 4.90 Å². The third-order valence-electron chi connectivity index (χ3n) is 6.15. The van der Waals surface area contributed by atoms with Crippen molar-refractivity contribution < 1.29 is 14.2 Å². The molecule has 2 heterocycles. The summed E-state index contributed by atoms with van der Waals surface area (Å²) in [7, 11) is 0. The van der Waals surface area contributed by atoms with Crippen molar-refractivity contribution in [3.05, 3.63) is 64.4 Å². The van der Waals surface area contributed by atoms with Crippen molar-refractivity contribution in [2.45, 2.75) is 38.0 Å². The fourth-order valence-corrected chi connectivity index (χ4v) is 4.93. The molecule has 2 aliphatic heterocycles. The number of ether oxygens (including phenoxy) is 1. The van der Waals surface area contributed by atoms with Gasteiger partial charge in [-0.2, -0.15) is 0 Å². The number of anilines is 1. The Labute approximate surface area is 176 Å². The van der Waals surface area contributed by atoms with Crippen molar-refractivity contribution in [2.24, 2.45) is 5.92 Å². The van der Waals surface area contributed by atoms with E-state index in [1.165, 1.54) is 6.07 Å². The Morgan fingerprint density at radius 1 is 1.24 bits per heavy atom. The first-order chi connectivity index (χ1) is 14.1. The minimum absolute atomic E-state index is 0.00922. The van der Waals surface area contributed by atoms with Crippen LogP contribution in [0.15, 0.2) is 42.5 Å². The molecule has 2 aromatic carbocycles. The van der Waals surface area contributed by atoms with Crippen LogP contribution in [0.5, 0.6) is 0 Å². The topological polar surface area (TPSA) is 44.7 Å². The van der Waals surface area contributed by atoms with Crippen LogP contribution in [-0.2, 0) is 4.74 Å². The average molecular weight is 419 g/mol. The van der Waals surface area contributed by atoms with Crippen molar-refractivity contribution in [2.75, 3.05) is 31.6 Å². The molecule has 2 aliphatic rings. The van der Waals surface area contributed by atoms with Gasteiger partial charge in [0.25, 0.3) is 0 Å². The van der Waals surface area contributed by atoms with Crippen LogP contribution in [-0.4, -0.2) is 42.4 Å². The Morgan fingerprint density at radius 3 is 2.76 bits per heavy atom. The number of likely N-dealkylation sites (N-methyl/N-ethyl adjacent to an activating group) is 1. The molecule has 4 rings (SSSR count). The number of halogens is 2. The van der Waals surface area contributed by atoms with E-state index in [0.29, 0.717) is 17.3 Å². The Bertz CT molecular complexity index is 835. The van der Waals surface area contributed by atoms with E-state index in [1.54, 1.807) is 0 Å². The molecule has 0 unspecified atom stereocenters. The van der Waals surface area contributed by atoms with E-state index in [9.17, 15) is 9.50 Å². The quantitative estimate of drug-likeness (QED) is 0.707. The minimum atomic E-state index is -0.340. The number of aliphatic hydroxyl groups excluding tert-OH is 1. The Kier molecular flexibility index (Phi) is 6.40. The Balaban J connectivity index is 1.66. The molecule has 0 spiro atoms. The van der Waals surface area contributed by atoms with E-state index in [2.05, 4.69) is 29.3 Å². The van der Waals surface area contributed by atoms with Gasteiger partial charge < -0.3 is 15.2 Å². The normalized spacial score (nSPS) is 26.0. The molecule has 2 aromatic rings. The minimum Gasteiger partial charge on any atom is -0.395 e. The lowest BCUT2D eigenvalue weighted by Crippen LogP contribution is -2.43. The number of nitrogens with zero attached hydrogens (tertiary/aromatic N) is 1. The van der Waals surface area contributed by atoms with E-state index in [-0.39, 0.29) is 36.6 Å². The molecule has 0 amide bonds. The maximum Gasteiger partial charge on any atom is 0.148 e. The molecule has 2 N–H and O–H groups in total. The van der Waals surface area contributed by atoms with E-state index < -0.39 is 0 Å². The molecule has 1 fully saturated rings. The van der Waals surface area contributed by atoms with Gasteiger partial charge in [-0.15, -0.1) is 0 Å². The zero-order valence-corrected chi connectivity index (χ0v) is 17.4. The first kappa shape index (κ1) is 20.6. The van der Waals surface area contributed by atoms with Crippen molar-refractivity contribution in [1.29, 1.82) is 0 Å². The second-order valence-electron chi connectivity index (χ2n) is 7.92. The first-order valence-corrected chi connectivity index (χ1v) is 10.8. The zero-order chi connectivity index (χ0) is 20.4. The SMILES string of the molecule is CCN(CCO)C[C@H]1CC[C@@H]2[C@H](O1)c1cc(Cl)cc(F)c1N[C@H]2c1ccccc1. The van der Waals surface area contributed by atoms with Crippen LogP contribution in [0.2, 0.25) is 5.02 Å². The first-order valence-electron chi connectivity index (χ1n) is 10.4. The van der Waals surface area contributed by atoms with Crippen molar-refractivity contribution in [3.8, 4) is 0 Å². The van der Waals surface area contributed by atoms with Crippen LogP contribution in [0.3, 0.4) is 0 Å². The molecule has 0 radical (unpaired) electrons. The summed E-state index contributed by atoms with van der Waals surface area (Å²) in [5.41, 5.74) is 2.44. The van der Waals surface area contributed by atoms with Gasteiger partial charge in [0, 0.05) is 29.6 Å². The molecule has 29 heavy (non-hydrogen) atoms. The van der Waals surface area contributed by atoms with Crippen LogP contribution >= 0.6 is 11.6 Å². The largest absolute Gasteiger partial charge is 0.395 e. The van der Waals surface area contributed by atoms with Gasteiger partial charge in [0.15, 0.2) is 0 Å². The molecule has 0 saturated carbocycles. The summed E-state index contributed by atoms with van der Waals surface area (Å²) < 4.78 is 21.4. The van der Waals surface area contributed by atoms with Crippen molar-refractivity contribution in [3.63, 3.8) is 0 Å². The highest BCUT2D eigenvalue weighted by Gasteiger charge is 2.43. The lowest BCUT2D eigenvalue weighted by Gasteiger charge is -2.46. The number of benzene rings is 2. The molecular weight excluding hydrogens is 391 g/mol. The standard InChI is InChI=1S/C23H28ClFN2O2/c1-2-27(10-11-28)14-17-8-9-18-21(15-6-4-3-5-7-15)26-22-19(23(18)29-17)12-16(24)13-20(22)25/h3-7,12-13,17-18,21,23,26,28H,2,8-11,14H2,1H3/t17-,18+,21+,23+/m1/s1.